The van der Waals surface area contributed by atoms with Gasteiger partial charge in [0.2, 0.25) is 0 Å². The Morgan fingerprint density at radius 3 is 2.89 bits per heavy atom. The molecular weight excluding hydrogens is 305 g/mol. The molecule has 1 nitrogen and oxygen atoms in total. The predicted molar refractivity (Wildman–Crippen MR) is 80.0 cm³/mol. The monoisotopic (exact) mass is 319 g/mol. The zero-order valence-electron chi connectivity index (χ0n) is 10.7. The van der Waals surface area contributed by atoms with Crippen LogP contribution in [0, 0.1) is 12.7 Å². The van der Waals surface area contributed by atoms with Crippen LogP contribution in [-0.4, -0.2) is 0 Å². The van der Waals surface area contributed by atoms with E-state index in [1.54, 1.807) is 12.1 Å². The topological polar surface area (TPSA) is 12.0 Å². The number of hydrogen-bond donors (Lipinski definition) is 1. The van der Waals surface area contributed by atoms with E-state index < -0.39 is 0 Å². The van der Waals surface area contributed by atoms with E-state index in [1.807, 2.05) is 13.0 Å². The zero-order chi connectivity index (χ0) is 13.4. The fourth-order valence-corrected chi connectivity index (χ4v) is 3.36. The minimum Gasteiger partial charge on any atom is -0.378 e. The quantitative estimate of drug-likeness (QED) is 0.821. The molecule has 2 aromatic carbocycles. The van der Waals surface area contributed by atoms with Crippen molar-refractivity contribution in [2.45, 2.75) is 25.8 Å². The first-order chi connectivity index (χ1) is 9.13. The number of hydrogen-bond acceptors (Lipinski definition) is 1. The first-order valence-corrected chi connectivity index (χ1v) is 7.24. The minimum absolute atomic E-state index is 0.185. The van der Waals surface area contributed by atoms with Gasteiger partial charge in [0, 0.05) is 10.2 Å². The van der Waals surface area contributed by atoms with E-state index in [4.69, 9.17) is 0 Å². The molecule has 0 aromatic heterocycles. The van der Waals surface area contributed by atoms with E-state index in [-0.39, 0.29) is 11.9 Å². The van der Waals surface area contributed by atoms with E-state index >= 15 is 0 Å². The third kappa shape index (κ3) is 2.52. The van der Waals surface area contributed by atoms with Crippen LogP contribution >= 0.6 is 15.9 Å². The zero-order valence-corrected chi connectivity index (χ0v) is 12.3. The summed E-state index contributed by atoms with van der Waals surface area (Å²) in [7, 11) is 0. The van der Waals surface area contributed by atoms with Gasteiger partial charge in [0.25, 0.3) is 0 Å². The number of fused-ring (bicyclic) bond motifs is 1. The summed E-state index contributed by atoms with van der Waals surface area (Å²) in [5, 5.41) is 3.45. The van der Waals surface area contributed by atoms with Crippen molar-refractivity contribution in [1.29, 1.82) is 0 Å². The third-order valence-corrected chi connectivity index (χ3v) is 4.34. The third-order valence-electron chi connectivity index (χ3n) is 3.60. The molecule has 1 aliphatic rings. The maximum absolute atomic E-state index is 13.4. The van der Waals surface area contributed by atoms with Crippen LogP contribution in [-0.2, 0) is 6.42 Å². The van der Waals surface area contributed by atoms with Gasteiger partial charge in [-0.25, -0.2) is 4.39 Å². The predicted octanol–water partition coefficient (Wildman–Crippen LogP) is 5.00. The molecular formula is C16H15BrFN. The van der Waals surface area contributed by atoms with Crippen molar-refractivity contribution >= 4 is 21.6 Å². The maximum atomic E-state index is 13.4. The van der Waals surface area contributed by atoms with E-state index in [2.05, 4.69) is 39.4 Å². The lowest BCUT2D eigenvalue weighted by Gasteiger charge is -2.16. The van der Waals surface area contributed by atoms with E-state index in [0.717, 1.165) is 24.1 Å². The van der Waals surface area contributed by atoms with E-state index in [9.17, 15) is 4.39 Å². The highest BCUT2D eigenvalue weighted by Crippen LogP contribution is 2.37. The molecule has 1 unspecified atom stereocenters. The van der Waals surface area contributed by atoms with Gasteiger partial charge in [-0.1, -0.05) is 28.1 Å². The van der Waals surface area contributed by atoms with Crippen molar-refractivity contribution in [2.75, 3.05) is 5.32 Å². The van der Waals surface area contributed by atoms with Crippen LogP contribution in [0.4, 0.5) is 10.1 Å². The van der Waals surface area contributed by atoms with Crippen LogP contribution in [0.2, 0.25) is 0 Å². The Morgan fingerprint density at radius 2 is 2.11 bits per heavy atom. The Morgan fingerprint density at radius 1 is 1.26 bits per heavy atom. The summed E-state index contributed by atoms with van der Waals surface area (Å²) in [6.07, 6.45) is 2.11. The second-order valence-corrected chi connectivity index (χ2v) is 5.91. The summed E-state index contributed by atoms with van der Waals surface area (Å²) in [4.78, 5) is 0. The van der Waals surface area contributed by atoms with Crippen molar-refractivity contribution < 1.29 is 4.39 Å². The molecule has 0 spiro atoms. The van der Waals surface area contributed by atoms with Gasteiger partial charge < -0.3 is 5.32 Å². The highest BCUT2D eigenvalue weighted by Gasteiger charge is 2.23. The summed E-state index contributed by atoms with van der Waals surface area (Å²) < 4.78 is 14.6. The molecule has 0 heterocycles. The standard InChI is InChI=1S/C16H15BrFN/c1-10-7-11(18)9-12(8-10)19-16-6-5-13-14(16)3-2-4-15(13)17/h2-4,7-9,16,19H,5-6H2,1H3. The first kappa shape index (κ1) is 12.7. The molecule has 1 N–H and O–H groups in total. The Bertz CT molecular complexity index is 604. The van der Waals surface area contributed by atoms with Gasteiger partial charge in [-0.3, -0.25) is 0 Å². The lowest BCUT2D eigenvalue weighted by atomic mass is 10.1. The van der Waals surface area contributed by atoms with Crippen molar-refractivity contribution in [3.05, 3.63) is 63.4 Å². The number of rotatable bonds is 2. The van der Waals surface area contributed by atoms with Crippen molar-refractivity contribution in [3.63, 3.8) is 0 Å². The molecule has 98 valence electrons. The lowest BCUT2D eigenvalue weighted by Crippen LogP contribution is -2.07. The van der Waals surface area contributed by atoms with E-state index in [0.29, 0.717) is 0 Å². The Balaban J connectivity index is 1.89. The molecule has 3 rings (SSSR count). The van der Waals surface area contributed by atoms with Crippen molar-refractivity contribution in [2.24, 2.45) is 0 Å². The molecule has 0 fully saturated rings. The van der Waals surface area contributed by atoms with Gasteiger partial charge in [0.1, 0.15) is 5.82 Å². The Hall–Kier alpha value is -1.35. The van der Waals surface area contributed by atoms with Gasteiger partial charge in [-0.15, -0.1) is 0 Å². The van der Waals surface area contributed by atoms with Gasteiger partial charge >= 0.3 is 0 Å². The number of nitrogens with one attached hydrogen (secondary N) is 1. The minimum atomic E-state index is -0.185. The van der Waals surface area contributed by atoms with E-state index in [1.165, 1.54) is 15.6 Å². The molecule has 1 aliphatic carbocycles. The van der Waals surface area contributed by atoms with Gasteiger partial charge in [0.15, 0.2) is 0 Å². The summed E-state index contributed by atoms with van der Waals surface area (Å²) in [6, 6.07) is 11.6. The number of anilines is 1. The van der Waals surface area contributed by atoms with Crippen LogP contribution in [0.25, 0.3) is 0 Å². The highest BCUT2D eigenvalue weighted by molar-refractivity contribution is 9.10. The molecule has 0 radical (unpaired) electrons. The SMILES string of the molecule is Cc1cc(F)cc(NC2CCc3c(Br)cccc32)c1. The average molecular weight is 320 g/mol. The van der Waals surface area contributed by atoms with Crippen LogP contribution in [0.3, 0.4) is 0 Å². The van der Waals surface area contributed by atoms with Crippen LogP contribution in [0.5, 0.6) is 0 Å². The largest absolute Gasteiger partial charge is 0.378 e. The summed E-state index contributed by atoms with van der Waals surface area (Å²) in [6.45, 7) is 1.91. The van der Waals surface area contributed by atoms with Gasteiger partial charge in [-0.05, 0) is 60.7 Å². The molecule has 2 aromatic rings. The molecule has 3 heteroatoms. The molecule has 0 saturated heterocycles. The van der Waals surface area contributed by atoms with Crippen LogP contribution in [0.15, 0.2) is 40.9 Å². The lowest BCUT2D eigenvalue weighted by molar-refractivity contribution is 0.626. The first-order valence-electron chi connectivity index (χ1n) is 6.44. The number of aryl methyl sites for hydroxylation is 1. The molecule has 0 amide bonds. The summed E-state index contributed by atoms with van der Waals surface area (Å²) in [5.74, 6) is -0.185. The maximum Gasteiger partial charge on any atom is 0.125 e. The molecule has 1 atom stereocenters. The number of halogens is 2. The summed E-state index contributed by atoms with van der Waals surface area (Å²) >= 11 is 3.60. The normalized spacial score (nSPS) is 17.3. The summed E-state index contributed by atoms with van der Waals surface area (Å²) in [5.41, 5.74) is 4.48. The molecule has 0 bridgehead atoms. The second kappa shape index (κ2) is 4.97. The smallest absolute Gasteiger partial charge is 0.125 e. The molecule has 0 saturated carbocycles. The van der Waals surface area contributed by atoms with Gasteiger partial charge in [-0.2, -0.15) is 0 Å². The van der Waals surface area contributed by atoms with Crippen molar-refractivity contribution in [3.8, 4) is 0 Å². The van der Waals surface area contributed by atoms with Gasteiger partial charge in [0.05, 0.1) is 6.04 Å². The van der Waals surface area contributed by atoms with Crippen LogP contribution < -0.4 is 5.32 Å². The Labute approximate surface area is 121 Å². The fraction of sp³-hybridized carbons (Fsp3) is 0.250. The fourth-order valence-electron chi connectivity index (χ4n) is 2.78. The molecule has 19 heavy (non-hydrogen) atoms. The van der Waals surface area contributed by atoms with Crippen LogP contribution in [0.1, 0.15) is 29.2 Å². The molecule has 0 aliphatic heterocycles. The number of benzene rings is 2. The Kier molecular flexibility index (Phi) is 3.31. The second-order valence-electron chi connectivity index (χ2n) is 5.06. The highest BCUT2D eigenvalue weighted by atomic mass is 79.9. The average Bonchev–Trinajstić information content (AvgIpc) is 2.73. The van der Waals surface area contributed by atoms with Crippen molar-refractivity contribution in [1.82, 2.24) is 0 Å².